The summed E-state index contributed by atoms with van der Waals surface area (Å²) in [5, 5.41) is 10.4. The average Bonchev–Trinajstić information content (AvgIpc) is 2.96. The van der Waals surface area contributed by atoms with E-state index in [0.717, 1.165) is 32.1 Å². The zero-order chi connectivity index (χ0) is 20.3. The number of hydrogen-bond donors (Lipinski definition) is 1. The Labute approximate surface area is 164 Å². The SMILES string of the molecule is CCCC(C)(C)C(O)C=C[C@H]1CCC(=O)[C@@H]1CCC=CC=CC(=O)OCC. The van der Waals surface area contributed by atoms with Crippen LogP contribution in [0.1, 0.15) is 66.2 Å². The van der Waals surface area contributed by atoms with Crippen LogP contribution in [0, 0.1) is 17.3 Å². The number of Topliss-reactive ketones (excluding diaryl/α,β-unsaturated/α-hetero) is 1. The highest BCUT2D eigenvalue weighted by Crippen LogP contribution is 2.34. The molecule has 0 bridgehead atoms. The third-order valence-corrected chi connectivity index (χ3v) is 5.30. The van der Waals surface area contributed by atoms with Crippen molar-refractivity contribution in [2.75, 3.05) is 6.61 Å². The highest BCUT2D eigenvalue weighted by molar-refractivity contribution is 5.83. The Balaban J connectivity index is 2.52. The molecule has 3 atom stereocenters. The summed E-state index contributed by atoms with van der Waals surface area (Å²) in [5.41, 5.74) is -0.142. The third-order valence-electron chi connectivity index (χ3n) is 5.30. The summed E-state index contributed by atoms with van der Waals surface area (Å²) < 4.78 is 4.81. The van der Waals surface area contributed by atoms with Gasteiger partial charge in [0.1, 0.15) is 5.78 Å². The maximum absolute atomic E-state index is 12.2. The smallest absolute Gasteiger partial charge is 0.330 e. The maximum Gasteiger partial charge on any atom is 0.330 e. The first-order chi connectivity index (χ1) is 12.8. The maximum atomic E-state index is 12.2. The molecule has 1 aliphatic rings. The van der Waals surface area contributed by atoms with E-state index in [-0.39, 0.29) is 23.2 Å². The lowest BCUT2D eigenvalue weighted by Gasteiger charge is -2.28. The lowest BCUT2D eigenvalue weighted by Crippen LogP contribution is -2.27. The van der Waals surface area contributed by atoms with Crippen LogP contribution in [0.4, 0.5) is 0 Å². The van der Waals surface area contributed by atoms with Crippen molar-refractivity contribution in [1.29, 1.82) is 0 Å². The van der Waals surface area contributed by atoms with Crippen molar-refractivity contribution in [2.45, 2.75) is 72.3 Å². The zero-order valence-corrected chi connectivity index (χ0v) is 17.3. The number of ketones is 1. The van der Waals surface area contributed by atoms with Gasteiger partial charge in [0.15, 0.2) is 0 Å². The first kappa shape index (κ1) is 23.4. The average molecular weight is 377 g/mol. The first-order valence-electron chi connectivity index (χ1n) is 10.2. The Kier molecular flexibility index (Phi) is 10.3. The van der Waals surface area contributed by atoms with Gasteiger partial charge in [0.05, 0.1) is 12.7 Å². The number of rotatable bonds is 11. The molecule has 4 heteroatoms. The van der Waals surface area contributed by atoms with Gasteiger partial charge in [-0.1, -0.05) is 57.6 Å². The second-order valence-electron chi connectivity index (χ2n) is 7.96. The van der Waals surface area contributed by atoms with Crippen molar-refractivity contribution in [2.24, 2.45) is 17.3 Å². The fraction of sp³-hybridized carbons (Fsp3) is 0.652. The minimum atomic E-state index is -0.485. The van der Waals surface area contributed by atoms with Crippen molar-refractivity contribution in [3.8, 4) is 0 Å². The van der Waals surface area contributed by atoms with E-state index < -0.39 is 6.10 Å². The summed E-state index contributed by atoms with van der Waals surface area (Å²) >= 11 is 0. The Morgan fingerprint density at radius 1 is 1.33 bits per heavy atom. The molecule has 1 rings (SSSR count). The molecule has 1 saturated carbocycles. The highest BCUT2D eigenvalue weighted by atomic mass is 16.5. The summed E-state index contributed by atoms with van der Waals surface area (Å²) in [5.74, 6) is 0.222. The Morgan fingerprint density at radius 3 is 2.74 bits per heavy atom. The first-order valence-corrected chi connectivity index (χ1v) is 10.2. The Bertz CT molecular complexity index is 557. The minimum absolute atomic E-state index is 0.0291. The molecule has 4 nitrogen and oxygen atoms in total. The second kappa shape index (κ2) is 11.9. The molecule has 0 amide bonds. The molecule has 1 aliphatic carbocycles. The molecule has 0 aromatic rings. The van der Waals surface area contributed by atoms with Crippen molar-refractivity contribution < 1.29 is 19.4 Å². The molecule has 0 radical (unpaired) electrons. The number of carbonyl (C=O) groups is 2. The van der Waals surface area contributed by atoms with Gasteiger partial charge in [0, 0.05) is 18.4 Å². The van der Waals surface area contributed by atoms with E-state index in [0.29, 0.717) is 18.8 Å². The van der Waals surface area contributed by atoms with Gasteiger partial charge in [-0.3, -0.25) is 4.79 Å². The van der Waals surface area contributed by atoms with Crippen LogP contribution in [-0.2, 0) is 14.3 Å². The fourth-order valence-corrected chi connectivity index (χ4v) is 3.62. The highest BCUT2D eigenvalue weighted by Gasteiger charge is 2.33. The van der Waals surface area contributed by atoms with Gasteiger partial charge in [-0.15, -0.1) is 0 Å². The van der Waals surface area contributed by atoms with Crippen molar-refractivity contribution in [1.82, 2.24) is 0 Å². The molecular formula is C23H36O4. The fourth-order valence-electron chi connectivity index (χ4n) is 3.62. The summed E-state index contributed by atoms with van der Waals surface area (Å²) in [7, 11) is 0. The Hall–Kier alpha value is -1.68. The van der Waals surface area contributed by atoms with Gasteiger partial charge >= 0.3 is 5.97 Å². The third kappa shape index (κ3) is 8.25. The van der Waals surface area contributed by atoms with Gasteiger partial charge in [-0.05, 0) is 43.9 Å². The van der Waals surface area contributed by atoms with E-state index in [4.69, 9.17) is 4.74 Å². The van der Waals surface area contributed by atoms with Crippen LogP contribution in [0.25, 0.3) is 0 Å². The molecule has 1 fully saturated rings. The van der Waals surface area contributed by atoms with Crippen LogP contribution < -0.4 is 0 Å². The molecule has 0 spiro atoms. The topological polar surface area (TPSA) is 63.6 Å². The predicted molar refractivity (Wildman–Crippen MR) is 109 cm³/mol. The number of aliphatic hydroxyl groups is 1. The summed E-state index contributed by atoms with van der Waals surface area (Å²) in [6.45, 7) is 8.43. The predicted octanol–water partition coefficient (Wildman–Crippen LogP) is 4.78. The van der Waals surface area contributed by atoms with Gasteiger partial charge in [-0.25, -0.2) is 4.79 Å². The van der Waals surface area contributed by atoms with Gasteiger partial charge < -0.3 is 9.84 Å². The van der Waals surface area contributed by atoms with Crippen LogP contribution in [0.15, 0.2) is 36.5 Å². The summed E-state index contributed by atoms with van der Waals surface area (Å²) in [6, 6.07) is 0. The van der Waals surface area contributed by atoms with Crippen molar-refractivity contribution >= 4 is 11.8 Å². The zero-order valence-electron chi connectivity index (χ0n) is 17.3. The molecule has 0 heterocycles. The minimum Gasteiger partial charge on any atom is -0.463 e. The van der Waals surface area contributed by atoms with Gasteiger partial charge in [0.2, 0.25) is 0 Å². The number of hydrogen-bond acceptors (Lipinski definition) is 4. The largest absolute Gasteiger partial charge is 0.463 e. The van der Waals surface area contributed by atoms with E-state index >= 15 is 0 Å². The van der Waals surface area contributed by atoms with E-state index in [1.54, 1.807) is 13.0 Å². The Morgan fingerprint density at radius 2 is 2.07 bits per heavy atom. The molecule has 0 saturated heterocycles. The molecule has 0 aromatic carbocycles. The summed E-state index contributed by atoms with van der Waals surface area (Å²) in [6.07, 6.45) is 15.4. The number of allylic oxidation sites excluding steroid dienone is 4. The lowest BCUT2D eigenvalue weighted by atomic mass is 9.81. The van der Waals surface area contributed by atoms with Crippen LogP contribution in [0.3, 0.4) is 0 Å². The van der Waals surface area contributed by atoms with E-state index in [1.807, 2.05) is 18.2 Å². The molecule has 1 N–H and O–H groups in total. The number of ether oxygens (including phenoxy) is 1. The quantitative estimate of drug-likeness (QED) is 0.244. The lowest BCUT2D eigenvalue weighted by molar-refractivity contribution is -0.137. The normalized spacial score (nSPS) is 22.3. The van der Waals surface area contributed by atoms with Crippen LogP contribution in [0.2, 0.25) is 0 Å². The number of esters is 1. The van der Waals surface area contributed by atoms with Crippen molar-refractivity contribution in [3.63, 3.8) is 0 Å². The molecule has 0 aromatic heterocycles. The van der Waals surface area contributed by atoms with Crippen LogP contribution >= 0.6 is 0 Å². The molecule has 0 aliphatic heterocycles. The van der Waals surface area contributed by atoms with Gasteiger partial charge in [0.25, 0.3) is 0 Å². The molecule has 1 unspecified atom stereocenters. The standard InChI is InChI=1S/C23H36O4/c1-5-17-23(3,4)21(25)16-14-18-13-15-20(24)19(18)11-9-7-8-10-12-22(26)27-6-2/h7-8,10,12,14,16,18-19,21,25H,5-6,9,11,13,15,17H2,1-4H3/t18-,19-,21?/m1/s1. The van der Waals surface area contributed by atoms with E-state index in [1.165, 1.54) is 6.08 Å². The van der Waals surface area contributed by atoms with Crippen molar-refractivity contribution in [3.05, 3.63) is 36.5 Å². The van der Waals surface area contributed by atoms with Crippen LogP contribution in [0.5, 0.6) is 0 Å². The molecule has 27 heavy (non-hydrogen) atoms. The molecular weight excluding hydrogens is 340 g/mol. The van der Waals surface area contributed by atoms with Gasteiger partial charge in [-0.2, -0.15) is 0 Å². The van der Waals surface area contributed by atoms with E-state index in [9.17, 15) is 14.7 Å². The van der Waals surface area contributed by atoms with E-state index in [2.05, 4.69) is 26.8 Å². The second-order valence-corrected chi connectivity index (χ2v) is 7.96. The number of carbonyl (C=O) groups excluding carboxylic acids is 2. The monoisotopic (exact) mass is 376 g/mol. The molecule has 152 valence electrons. The number of aliphatic hydroxyl groups excluding tert-OH is 1. The summed E-state index contributed by atoms with van der Waals surface area (Å²) in [4.78, 5) is 23.4. The van der Waals surface area contributed by atoms with Crippen LogP contribution in [-0.4, -0.2) is 29.6 Å².